The Hall–Kier alpha value is -3.07. The van der Waals surface area contributed by atoms with E-state index in [1.165, 1.54) is 50.2 Å². The van der Waals surface area contributed by atoms with Crippen molar-refractivity contribution < 1.29 is 28.7 Å². The topological polar surface area (TPSA) is 105 Å². The maximum Gasteiger partial charge on any atom is 0.338 e. The van der Waals surface area contributed by atoms with Crippen LogP contribution in [0, 0.1) is 10.1 Å². The normalized spacial score (nSPS) is 10.2. The lowest BCUT2D eigenvalue weighted by atomic mass is 10.1. The van der Waals surface area contributed by atoms with E-state index in [9.17, 15) is 19.7 Å². The Morgan fingerprint density at radius 2 is 1.70 bits per heavy atom. The van der Waals surface area contributed by atoms with Gasteiger partial charge in [0.1, 0.15) is 0 Å². The van der Waals surface area contributed by atoms with Gasteiger partial charge >= 0.3 is 5.97 Å². The number of carbonyl (C=O) groups excluding carboxylic acids is 2. The molecule has 2 aromatic carbocycles. The molecule has 9 heteroatoms. The number of hydrogen-bond donors (Lipinski definition) is 0. The highest BCUT2D eigenvalue weighted by Gasteiger charge is 2.19. The number of nitrogens with zero attached hydrogens (tertiary/aromatic N) is 1. The van der Waals surface area contributed by atoms with Crippen LogP contribution in [-0.4, -0.2) is 43.8 Å². The second-order valence-corrected chi connectivity index (χ2v) is 6.06. The van der Waals surface area contributed by atoms with Gasteiger partial charge < -0.3 is 14.2 Å². The largest absolute Gasteiger partial charge is 0.493 e. The molecule has 27 heavy (non-hydrogen) atoms. The Morgan fingerprint density at radius 3 is 2.30 bits per heavy atom. The molecule has 0 N–H and O–H groups in total. The lowest BCUT2D eigenvalue weighted by Gasteiger charge is -2.09. The smallest absolute Gasteiger partial charge is 0.338 e. The molecule has 0 aromatic heterocycles. The summed E-state index contributed by atoms with van der Waals surface area (Å²) in [5.74, 6) is -0.427. The van der Waals surface area contributed by atoms with Gasteiger partial charge in [-0.1, -0.05) is 0 Å². The van der Waals surface area contributed by atoms with E-state index in [-0.39, 0.29) is 16.8 Å². The number of hydrogen-bond acceptors (Lipinski definition) is 8. The molecule has 0 saturated carbocycles. The van der Waals surface area contributed by atoms with E-state index in [0.29, 0.717) is 16.4 Å². The molecule has 8 nitrogen and oxygen atoms in total. The molecule has 0 amide bonds. The van der Waals surface area contributed by atoms with Crippen molar-refractivity contribution in [1.29, 1.82) is 0 Å². The molecule has 0 heterocycles. The molecule has 0 aliphatic carbocycles. The molecule has 0 fully saturated rings. The Kier molecular flexibility index (Phi) is 6.78. The summed E-state index contributed by atoms with van der Waals surface area (Å²) in [6.45, 7) is -0.508. The number of Topliss-reactive ketones (excluding diaryl/α,β-unsaturated/α-hetero) is 1. The minimum Gasteiger partial charge on any atom is -0.493 e. The average Bonchev–Trinajstić information content (AvgIpc) is 2.70. The summed E-state index contributed by atoms with van der Waals surface area (Å²) in [4.78, 5) is 35.3. The molecule has 0 unspecified atom stereocenters. The van der Waals surface area contributed by atoms with E-state index in [1.807, 2.05) is 0 Å². The van der Waals surface area contributed by atoms with Gasteiger partial charge in [0.2, 0.25) is 0 Å². The predicted octanol–water partition coefficient (Wildman–Crippen LogP) is 3.37. The van der Waals surface area contributed by atoms with Crippen LogP contribution in [0.2, 0.25) is 0 Å². The summed E-state index contributed by atoms with van der Waals surface area (Å²) < 4.78 is 15.2. The van der Waals surface area contributed by atoms with Gasteiger partial charge in [-0.05, 0) is 36.6 Å². The van der Waals surface area contributed by atoms with Crippen LogP contribution in [-0.2, 0) is 4.74 Å². The van der Waals surface area contributed by atoms with Gasteiger partial charge in [0.25, 0.3) is 5.69 Å². The predicted molar refractivity (Wildman–Crippen MR) is 99.0 cm³/mol. The summed E-state index contributed by atoms with van der Waals surface area (Å²) in [5.41, 5.74) is 0.0898. The van der Waals surface area contributed by atoms with E-state index in [4.69, 9.17) is 14.2 Å². The van der Waals surface area contributed by atoms with Crippen molar-refractivity contribution in [3.05, 3.63) is 57.6 Å². The van der Waals surface area contributed by atoms with Crippen LogP contribution in [0.5, 0.6) is 11.5 Å². The lowest BCUT2D eigenvalue weighted by molar-refractivity contribution is -0.387. The van der Waals surface area contributed by atoms with E-state index < -0.39 is 23.3 Å². The van der Waals surface area contributed by atoms with Gasteiger partial charge in [0.05, 0.1) is 29.6 Å². The van der Waals surface area contributed by atoms with Crippen molar-refractivity contribution in [1.82, 2.24) is 0 Å². The SMILES string of the molecule is COc1ccc(C(=O)COC(=O)c2ccc(SC)c([N+](=O)[O-])c2)cc1OC. The Balaban J connectivity index is 2.10. The van der Waals surface area contributed by atoms with Gasteiger partial charge in [0.15, 0.2) is 23.9 Å². The molecule has 0 bridgehead atoms. The number of methoxy groups -OCH3 is 2. The number of nitro benzene ring substituents is 1. The number of nitro groups is 1. The second-order valence-electron chi connectivity index (χ2n) is 5.21. The zero-order valence-electron chi connectivity index (χ0n) is 14.9. The number of benzene rings is 2. The highest BCUT2D eigenvalue weighted by atomic mass is 32.2. The summed E-state index contributed by atoms with van der Waals surface area (Å²) >= 11 is 1.20. The van der Waals surface area contributed by atoms with Gasteiger partial charge in [0, 0.05) is 11.6 Å². The van der Waals surface area contributed by atoms with Gasteiger partial charge in [-0.2, -0.15) is 0 Å². The third kappa shape index (κ3) is 4.76. The van der Waals surface area contributed by atoms with Crippen molar-refractivity contribution in [2.75, 3.05) is 27.1 Å². The third-order valence-electron chi connectivity index (χ3n) is 3.65. The highest BCUT2D eigenvalue weighted by Crippen LogP contribution is 2.29. The molecular weight excluding hydrogens is 374 g/mol. The minimum atomic E-state index is -0.820. The number of esters is 1. The van der Waals surface area contributed by atoms with Crippen molar-refractivity contribution in [3.8, 4) is 11.5 Å². The molecule has 142 valence electrons. The number of rotatable bonds is 8. The van der Waals surface area contributed by atoms with Crippen molar-refractivity contribution in [3.63, 3.8) is 0 Å². The first-order valence-electron chi connectivity index (χ1n) is 7.66. The van der Waals surface area contributed by atoms with E-state index in [0.717, 1.165) is 6.07 Å². The quantitative estimate of drug-likeness (QED) is 0.222. The van der Waals surface area contributed by atoms with Crippen LogP contribution in [0.4, 0.5) is 5.69 Å². The Bertz CT molecular complexity index is 882. The first kappa shape index (κ1) is 20.2. The zero-order valence-corrected chi connectivity index (χ0v) is 15.7. The van der Waals surface area contributed by atoms with Crippen molar-refractivity contribution in [2.45, 2.75) is 4.90 Å². The second kappa shape index (κ2) is 9.04. The highest BCUT2D eigenvalue weighted by molar-refractivity contribution is 7.98. The number of ether oxygens (including phenoxy) is 3. The lowest BCUT2D eigenvalue weighted by Crippen LogP contribution is -2.14. The number of ketones is 1. The Labute approximate surface area is 159 Å². The fourth-order valence-electron chi connectivity index (χ4n) is 2.27. The fraction of sp³-hybridized carbons (Fsp3) is 0.222. The Morgan fingerprint density at radius 1 is 1.04 bits per heavy atom. The molecule has 0 aliphatic rings. The van der Waals surface area contributed by atoms with Crippen LogP contribution < -0.4 is 9.47 Å². The first-order chi connectivity index (χ1) is 12.9. The van der Waals surface area contributed by atoms with Crippen LogP contribution >= 0.6 is 11.8 Å². The number of thioether (sulfide) groups is 1. The molecule has 0 spiro atoms. The maximum atomic E-state index is 12.2. The summed E-state index contributed by atoms with van der Waals surface area (Å²) in [6.07, 6.45) is 1.70. The van der Waals surface area contributed by atoms with E-state index in [1.54, 1.807) is 12.3 Å². The van der Waals surface area contributed by atoms with Crippen LogP contribution in [0.3, 0.4) is 0 Å². The number of carbonyl (C=O) groups is 2. The average molecular weight is 391 g/mol. The zero-order chi connectivity index (χ0) is 20.0. The standard InChI is InChI=1S/C18H17NO7S/c1-24-15-6-4-11(9-16(15)25-2)14(20)10-26-18(21)12-5-7-17(27-3)13(8-12)19(22)23/h4-9H,10H2,1-3H3. The maximum absolute atomic E-state index is 12.2. The molecular formula is C18H17NO7S. The summed E-state index contributed by atoms with van der Waals surface area (Å²) in [7, 11) is 2.92. The van der Waals surface area contributed by atoms with Crippen molar-refractivity contribution >= 4 is 29.2 Å². The molecule has 2 rings (SSSR count). The molecule has 2 aromatic rings. The minimum absolute atomic E-state index is 0.000360. The first-order valence-corrected chi connectivity index (χ1v) is 8.88. The van der Waals surface area contributed by atoms with Crippen LogP contribution in [0.1, 0.15) is 20.7 Å². The van der Waals surface area contributed by atoms with Gasteiger partial charge in [-0.15, -0.1) is 11.8 Å². The molecule has 0 radical (unpaired) electrons. The monoisotopic (exact) mass is 391 g/mol. The molecule has 0 aliphatic heterocycles. The summed E-state index contributed by atoms with van der Waals surface area (Å²) in [6, 6.07) is 8.59. The fourth-order valence-corrected chi connectivity index (χ4v) is 2.81. The molecule has 0 saturated heterocycles. The summed E-state index contributed by atoms with van der Waals surface area (Å²) in [5, 5.41) is 11.1. The van der Waals surface area contributed by atoms with Gasteiger partial charge in [-0.25, -0.2) is 4.79 Å². The van der Waals surface area contributed by atoms with E-state index >= 15 is 0 Å². The third-order valence-corrected chi connectivity index (χ3v) is 4.44. The molecule has 0 atom stereocenters. The van der Waals surface area contributed by atoms with E-state index in [2.05, 4.69) is 0 Å². The van der Waals surface area contributed by atoms with Crippen LogP contribution in [0.25, 0.3) is 0 Å². The van der Waals surface area contributed by atoms with Crippen LogP contribution in [0.15, 0.2) is 41.3 Å². The van der Waals surface area contributed by atoms with Crippen molar-refractivity contribution in [2.24, 2.45) is 0 Å². The van der Waals surface area contributed by atoms with Gasteiger partial charge in [-0.3, -0.25) is 14.9 Å².